The number of thiophene rings is 1. The van der Waals surface area contributed by atoms with Gasteiger partial charge in [-0.3, -0.25) is 5.43 Å². The highest BCUT2D eigenvalue weighted by Crippen LogP contribution is 2.46. The van der Waals surface area contributed by atoms with Crippen LogP contribution in [0.3, 0.4) is 0 Å². The van der Waals surface area contributed by atoms with Crippen LogP contribution in [0.15, 0.2) is 89.4 Å². The van der Waals surface area contributed by atoms with Crippen molar-refractivity contribution in [1.82, 2.24) is 25.9 Å². The summed E-state index contributed by atoms with van der Waals surface area (Å²) in [5.74, 6) is 0.541. The molecular weight excluding hydrogens is 550 g/mol. The van der Waals surface area contributed by atoms with Crippen molar-refractivity contribution in [2.24, 2.45) is 5.92 Å². The van der Waals surface area contributed by atoms with E-state index in [4.69, 9.17) is 22.4 Å². The molecule has 2 aromatic heterocycles. The molecule has 180 valence electrons. The standard InChI is InChI=1S/C28H24BrN5S2/c1-17-12-14-19(15-13-17)21-22-23(29)25(36-27(22)32-30-24(21)20-10-6-3-7-11-20)26-31-33-28(35)34(26)16-18-8-4-2-5-9-18/h2-15,17,19,26,31H,16H2,1H3,(H,33,35). The first-order chi connectivity index (χ1) is 17.6. The van der Waals surface area contributed by atoms with Gasteiger partial charge in [0.25, 0.3) is 0 Å². The van der Waals surface area contributed by atoms with E-state index >= 15 is 0 Å². The van der Waals surface area contributed by atoms with E-state index in [9.17, 15) is 0 Å². The zero-order valence-corrected chi connectivity index (χ0v) is 22.8. The lowest BCUT2D eigenvalue weighted by molar-refractivity contribution is 0.313. The van der Waals surface area contributed by atoms with Gasteiger partial charge in [0.2, 0.25) is 0 Å². The van der Waals surface area contributed by atoms with E-state index < -0.39 is 0 Å². The topological polar surface area (TPSA) is 53.1 Å². The average molecular weight is 575 g/mol. The first kappa shape index (κ1) is 23.5. The smallest absolute Gasteiger partial charge is 0.185 e. The van der Waals surface area contributed by atoms with Crippen molar-refractivity contribution in [2.75, 3.05) is 0 Å². The minimum absolute atomic E-state index is 0.115. The molecule has 1 fully saturated rings. The van der Waals surface area contributed by atoms with Gasteiger partial charge in [0.15, 0.2) is 5.11 Å². The maximum Gasteiger partial charge on any atom is 0.185 e. The predicted molar refractivity (Wildman–Crippen MR) is 154 cm³/mol. The van der Waals surface area contributed by atoms with E-state index in [2.05, 4.69) is 99.3 Å². The zero-order valence-electron chi connectivity index (χ0n) is 19.6. The third kappa shape index (κ3) is 4.28. The fourth-order valence-electron chi connectivity index (χ4n) is 4.76. The van der Waals surface area contributed by atoms with Crippen LogP contribution in [-0.4, -0.2) is 20.2 Å². The molecular formula is C28H24BrN5S2. The van der Waals surface area contributed by atoms with Crippen LogP contribution in [0.4, 0.5) is 0 Å². The van der Waals surface area contributed by atoms with Gasteiger partial charge < -0.3 is 4.90 Å². The minimum atomic E-state index is -0.128. The van der Waals surface area contributed by atoms with Gasteiger partial charge in [-0.2, -0.15) is 0 Å². The highest BCUT2D eigenvalue weighted by atomic mass is 79.9. The number of thiocarbonyl (C=S) groups is 1. The summed E-state index contributed by atoms with van der Waals surface area (Å²) in [4.78, 5) is 4.20. The molecule has 4 aromatic rings. The second-order valence-corrected chi connectivity index (χ2v) is 11.2. The van der Waals surface area contributed by atoms with Gasteiger partial charge in [-0.1, -0.05) is 91.9 Å². The second-order valence-electron chi connectivity index (χ2n) is 9.03. The summed E-state index contributed by atoms with van der Waals surface area (Å²) in [6.07, 6.45) is 8.95. The monoisotopic (exact) mass is 573 g/mol. The first-order valence-electron chi connectivity index (χ1n) is 11.9. The third-order valence-electron chi connectivity index (χ3n) is 6.58. The fraction of sp³-hybridized carbons (Fsp3) is 0.179. The Kier molecular flexibility index (Phi) is 6.43. The van der Waals surface area contributed by atoms with Crippen LogP contribution in [0.5, 0.6) is 0 Å². The molecule has 2 aromatic carbocycles. The van der Waals surface area contributed by atoms with Crippen molar-refractivity contribution in [2.45, 2.75) is 25.6 Å². The average Bonchev–Trinajstić information content (AvgIpc) is 3.44. The van der Waals surface area contributed by atoms with Crippen LogP contribution in [0, 0.1) is 5.92 Å². The summed E-state index contributed by atoms with van der Waals surface area (Å²) in [5.41, 5.74) is 10.9. The molecule has 3 heterocycles. The summed E-state index contributed by atoms with van der Waals surface area (Å²) in [7, 11) is 0. The Morgan fingerprint density at radius 2 is 1.67 bits per heavy atom. The Labute approximate surface area is 228 Å². The molecule has 36 heavy (non-hydrogen) atoms. The summed E-state index contributed by atoms with van der Waals surface area (Å²) < 4.78 is 1.03. The molecule has 1 aliphatic carbocycles. The summed E-state index contributed by atoms with van der Waals surface area (Å²) in [6, 6.07) is 20.7. The van der Waals surface area contributed by atoms with Gasteiger partial charge in [0.1, 0.15) is 11.0 Å². The van der Waals surface area contributed by atoms with Crippen LogP contribution in [0.2, 0.25) is 0 Å². The van der Waals surface area contributed by atoms with Crippen LogP contribution in [0.25, 0.3) is 21.5 Å². The highest BCUT2D eigenvalue weighted by molar-refractivity contribution is 9.10. The predicted octanol–water partition coefficient (Wildman–Crippen LogP) is 6.86. The highest BCUT2D eigenvalue weighted by Gasteiger charge is 2.34. The fourth-order valence-corrected chi connectivity index (χ4v) is 7.07. The molecule has 6 rings (SSSR count). The number of hydrogen-bond acceptors (Lipinski definition) is 5. The number of allylic oxidation sites excluding steroid dienone is 4. The molecule has 0 amide bonds. The lowest BCUT2D eigenvalue weighted by Crippen LogP contribution is -2.29. The third-order valence-corrected chi connectivity index (χ3v) is 9.13. The molecule has 1 aliphatic heterocycles. The summed E-state index contributed by atoms with van der Waals surface area (Å²) in [5, 5.41) is 11.2. The Morgan fingerprint density at radius 3 is 2.39 bits per heavy atom. The molecule has 0 bridgehead atoms. The number of nitrogens with zero attached hydrogens (tertiary/aromatic N) is 3. The molecule has 1 saturated heterocycles. The summed E-state index contributed by atoms with van der Waals surface area (Å²) >= 11 is 11.3. The molecule has 0 saturated carbocycles. The SMILES string of the molecule is CC1C=CC(c2c(-c3ccccc3)nnc3sc(C4NNC(=S)N4Cc4ccccc4)c(Br)c23)C=C1. The van der Waals surface area contributed by atoms with Crippen molar-refractivity contribution in [3.05, 3.63) is 105 Å². The lowest BCUT2D eigenvalue weighted by atomic mass is 9.87. The van der Waals surface area contributed by atoms with Crippen LogP contribution in [-0.2, 0) is 6.54 Å². The van der Waals surface area contributed by atoms with Crippen molar-refractivity contribution in [3.8, 4) is 11.3 Å². The largest absolute Gasteiger partial charge is 0.322 e. The van der Waals surface area contributed by atoms with Crippen LogP contribution < -0.4 is 10.9 Å². The van der Waals surface area contributed by atoms with Gasteiger partial charge in [0.05, 0.1) is 10.6 Å². The van der Waals surface area contributed by atoms with Crippen molar-refractivity contribution in [1.29, 1.82) is 0 Å². The van der Waals surface area contributed by atoms with Gasteiger partial charge in [0, 0.05) is 33.4 Å². The molecule has 2 N–H and O–H groups in total. The lowest BCUT2D eigenvalue weighted by Gasteiger charge is -2.24. The van der Waals surface area contributed by atoms with E-state index in [1.807, 2.05) is 24.3 Å². The Bertz CT molecular complexity index is 1470. The van der Waals surface area contributed by atoms with Crippen LogP contribution >= 0.6 is 39.5 Å². The van der Waals surface area contributed by atoms with E-state index in [1.165, 1.54) is 11.1 Å². The van der Waals surface area contributed by atoms with Gasteiger partial charge in [-0.15, -0.1) is 21.5 Å². The quantitative estimate of drug-likeness (QED) is 0.201. The number of benzene rings is 2. The second kappa shape index (κ2) is 9.86. The molecule has 1 unspecified atom stereocenters. The van der Waals surface area contributed by atoms with E-state index in [-0.39, 0.29) is 12.1 Å². The molecule has 2 aliphatic rings. The first-order valence-corrected chi connectivity index (χ1v) is 13.9. The van der Waals surface area contributed by atoms with Gasteiger partial charge >= 0.3 is 0 Å². The number of nitrogens with one attached hydrogen (secondary N) is 2. The van der Waals surface area contributed by atoms with Gasteiger partial charge in [-0.25, -0.2) is 5.43 Å². The molecule has 0 radical (unpaired) electrons. The molecule has 5 nitrogen and oxygen atoms in total. The molecule has 1 atom stereocenters. The molecule has 0 spiro atoms. The Hall–Kier alpha value is -2.91. The number of rotatable bonds is 5. The zero-order chi connectivity index (χ0) is 24.6. The van der Waals surface area contributed by atoms with E-state index in [0.717, 1.165) is 30.8 Å². The maximum atomic E-state index is 5.66. The van der Waals surface area contributed by atoms with Crippen molar-refractivity contribution in [3.63, 3.8) is 0 Å². The van der Waals surface area contributed by atoms with E-state index in [0.29, 0.717) is 17.6 Å². The normalized spacial score (nSPS) is 21.3. The number of hydrazine groups is 1. The van der Waals surface area contributed by atoms with Crippen molar-refractivity contribution >= 4 is 54.8 Å². The number of aromatic nitrogens is 2. The minimum Gasteiger partial charge on any atom is -0.322 e. The van der Waals surface area contributed by atoms with Gasteiger partial charge in [-0.05, 0) is 39.6 Å². The molecule has 8 heteroatoms. The number of hydrogen-bond donors (Lipinski definition) is 2. The number of fused-ring (bicyclic) bond motifs is 1. The van der Waals surface area contributed by atoms with E-state index in [1.54, 1.807) is 11.3 Å². The van der Waals surface area contributed by atoms with Crippen LogP contribution in [0.1, 0.15) is 35.0 Å². The Morgan fingerprint density at radius 1 is 0.972 bits per heavy atom. The van der Waals surface area contributed by atoms with Crippen molar-refractivity contribution < 1.29 is 0 Å². The maximum absolute atomic E-state index is 5.66. The number of halogens is 1. The summed E-state index contributed by atoms with van der Waals surface area (Å²) in [6.45, 7) is 2.90. The Balaban J connectivity index is 1.49.